The van der Waals surface area contributed by atoms with E-state index in [1.165, 1.54) is 18.3 Å². The molecule has 2 aromatic heterocycles. The number of nitrogens with zero attached hydrogens (tertiary/aromatic N) is 3. The summed E-state index contributed by atoms with van der Waals surface area (Å²) in [6, 6.07) is 12.1. The second-order valence-corrected chi connectivity index (χ2v) is 7.75. The standard InChI is InChI=1S/C22H18FN5O4S/c1-2-32-20(30)14-5-9-16(10-6-14)25-18(29)12-33-21-26-19-17(11-24-28(19)22(31)27-21)13-3-7-15(23)8-4-13/h3-11H,2,12H2,1H3,(H,25,29)(H,26,27,31). The lowest BCUT2D eigenvalue weighted by Crippen LogP contribution is -2.20. The van der Waals surface area contributed by atoms with Gasteiger partial charge in [0.05, 0.1) is 24.1 Å². The Balaban J connectivity index is 1.45. The number of ether oxygens (including phenoxy) is 1. The molecule has 0 aliphatic carbocycles. The number of aromatic amines is 1. The van der Waals surface area contributed by atoms with Gasteiger partial charge >= 0.3 is 11.7 Å². The molecule has 4 rings (SSSR count). The van der Waals surface area contributed by atoms with E-state index in [0.717, 1.165) is 16.3 Å². The molecule has 0 aliphatic rings. The molecule has 2 aromatic carbocycles. The van der Waals surface area contributed by atoms with Crippen LogP contribution in [0, 0.1) is 5.82 Å². The van der Waals surface area contributed by atoms with Crippen molar-refractivity contribution in [3.05, 3.63) is 76.6 Å². The molecule has 1 amide bonds. The molecule has 0 fully saturated rings. The number of halogens is 1. The maximum absolute atomic E-state index is 13.2. The molecule has 0 atom stereocenters. The Morgan fingerprint density at radius 2 is 1.88 bits per heavy atom. The quantitative estimate of drug-likeness (QED) is 0.317. The van der Waals surface area contributed by atoms with Crippen LogP contribution in [-0.4, -0.2) is 43.8 Å². The first-order chi connectivity index (χ1) is 15.9. The van der Waals surface area contributed by atoms with Crippen molar-refractivity contribution in [2.24, 2.45) is 0 Å². The van der Waals surface area contributed by atoms with Gasteiger partial charge in [0.25, 0.3) is 0 Å². The second-order valence-electron chi connectivity index (χ2n) is 6.78. The maximum atomic E-state index is 13.2. The van der Waals surface area contributed by atoms with E-state index in [1.54, 1.807) is 43.3 Å². The van der Waals surface area contributed by atoms with Gasteiger partial charge in [-0.05, 0) is 48.9 Å². The molecule has 4 aromatic rings. The van der Waals surface area contributed by atoms with E-state index in [0.29, 0.717) is 28.0 Å². The highest BCUT2D eigenvalue weighted by atomic mass is 32.2. The maximum Gasteiger partial charge on any atom is 0.350 e. The lowest BCUT2D eigenvalue weighted by Gasteiger charge is -2.07. The molecule has 9 nitrogen and oxygen atoms in total. The zero-order valence-corrected chi connectivity index (χ0v) is 18.2. The van der Waals surface area contributed by atoms with Gasteiger partial charge < -0.3 is 10.1 Å². The van der Waals surface area contributed by atoms with Gasteiger partial charge in [-0.2, -0.15) is 9.61 Å². The van der Waals surface area contributed by atoms with Gasteiger partial charge in [0.1, 0.15) is 5.82 Å². The van der Waals surface area contributed by atoms with Gasteiger partial charge in [0, 0.05) is 11.3 Å². The smallest absolute Gasteiger partial charge is 0.350 e. The van der Waals surface area contributed by atoms with Gasteiger partial charge in [-0.3, -0.25) is 9.78 Å². The Hall–Kier alpha value is -3.99. The van der Waals surface area contributed by atoms with E-state index < -0.39 is 11.7 Å². The molecule has 0 unspecified atom stereocenters. The predicted molar refractivity (Wildman–Crippen MR) is 121 cm³/mol. The fraction of sp³-hybridized carbons (Fsp3) is 0.136. The molecule has 0 bridgehead atoms. The molecule has 11 heteroatoms. The van der Waals surface area contributed by atoms with Crippen molar-refractivity contribution in [3.8, 4) is 11.1 Å². The molecular weight excluding hydrogens is 449 g/mol. The normalized spacial score (nSPS) is 10.8. The van der Waals surface area contributed by atoms with E-state index in [4.69, 9.17) is 4.74 Å². The third kappa shape index (κ3) is 5.09. The predicted octanol–water partition coefficient (Wildman–Crippen LogP) is 3.13. The first-order valence-electron chi connectivity index (χ1n) is 9.88. The summed E-state index contributed by atoms with van der Waals surface area (Å²) in [5.74, 6) is -1.15. The van der Waals surface area contributed by atoms with Crippen LogP contribution in [0.3, 0.4) is 0 Å². The second kappa shape index (κ2) is 9.65. The fourth-order valence-corrected chi connectivity index (χ4v) is 3.65. The van der Waals surface area contributed by atoms with Gasteiger partial charge in [0.2, 0.25) is 5.91 Å². The van der Waals surface area contributed by atoms with E-state index in [1.807, 2.05) is 0 Å². The average molecular weight is 467 g/mol. The number of hydrogen-bond acceptors (Lipinski definition) is 7. The molecule has 0 saturated heterocycles. The molecule has 0 aliphatic heterocycles. The van der Waals surface area contributed by atoms with Crippen LogP contribution in [0.2, 0.25) is 0 Å². The Labute approximate surface area is 191 Å². The van der Waals surface area contributed by atoms with Crippen LogP contribution < -0.4 is 11.0 Å². The molecule has 2 N–H and O–H groups in total. The summed E-state index contributed by atoms with van der Waals surface area (Å²) in [7, 11) is 0. The van der Waals surface area contributed by atoms with Crippen LogP contribution in [0.15, 0.2) is 64.7 Å². The SMILES string of the molecule is CCOC(=O)c1ccc(NC(=O)CSc2nc3c(-c4ccc(F)cc4)cnn3c(=O)[nH]2)cc1. The van der Waals surface area contributed by atoms with Crippen molar-refractivity contribution in [1.82, 2.24) is 19.6 Å². The number of nitrogens with one attached hydrogen (secondary N) is 2. The van der Waals surface area contributed by atoms with Crippen molar-refractivity contribution in [2.45, 2.75) is 12.1 Å². The summed E-state index contributed by atoms with van der Waals surface area (Å²) in [5.41, 5.74) is 1.91. The van der Waals surface area contributed by atoms with E-state index in [-0.39, 0.29) is 29.2 Å². The lowest BCUT2D eigenvalue weighted by atomic mass is 10.1. The number of fused-ring (bicyclic) bond motifs is 1. The van der Waals surface area contributed by atoms with Crippen molar-refractivity contribution in [1.29, 1.82) is 0 Å². The monoisotopic (exact) mass is 467 g/mol. The summed E-state index contributed by atoms with van der Waals surface area (Å²) >= 11 is 1.05. The molecule has 0 saturated carbocycles. The van der Waals surface area contributed by atoms with Crippen LogP contribution in [0.5, 0.6) is 0 Å². The Bertz CT molecular complexity index is 1370. The first-order valence-corrected chi connectivity index (χ1v) is 10.9. The zero-order chi connectivity index (χ0) is 23.4. The minimum Gasteiger partial charge on any atom is -0.462 e. The fourth-order valence-electron chi connectivity index (χ4n) is 3.00. The number of rotatable bonds is 7. The molecule has 0 radical (unpaired) electrons. The summed E-state index contributed by atoms with van der Waals surface area (Å²) in [4.78, 5) is 43.4. The molecule has 33 heavy (non-hydrogen) atoms. The Morgan fingerprint density at radius 3 is 2.58 bits per heavy atom. The average Bonchev–Trinajstić information content (AvgIpc) is 3.23. The first kappa shape index (κ1) is 22.2. The Kier molecular flexibility index (Phi) is 6.50. The summed E-state index contributed by atoms with van der Waals surface area (Å²) in [6.45, 7) is 2.00. The van der Waals surface area contributed by atoms with E-state index >= 15 is 0 Å². The summed E-state index contributed by atoms with van der Waals surface area (Å²) in [5, 5.41) is 6.99. The third-order valence-corrected chi connectivity index (χ3v) is 5.41. The van der Waals surface area contributed by atoms with Gasteiger partial charge in [-0.1, -0.05) is 23.9 Å². The topological polar surface area (TPSA) is 118 Å². The number of thioether (sulfide) groups is 1. The number of carbonyl (C=O) groups excluding carboxylic acids is 2. The lowest BCUT2D eigenvalue weighted by molar-refractivity contribution is -0.113. The van der Waals surface area contributed by atoms with Crippen molar-refractivity contribution >= 4 is 35.0 Å². The highest BCUT2D eigenvalue weighted by molar-refractivity contribution is 7.99. The van der Waals surface area contributed by atoms with E-state index in [9.17, 15) is 18.8 Å². The van der Waals surface area contributed by atoms with Crippen LogP contribution in [0.25, 0.3) is 16.8 Å². The van der Waals surface area contributed by atoms with Crippen LogP contribution in [0.1, 0.15) is 17.3 Å². The molecule has 168 valence electrons. The Morgan fingerprint density at radius 1 is 1.15 bits per heavy atom. The molecular formula is C22H18FN5O4S. The van der Waals surface area contributed by atoms with Gasteiger partial charge in [0.15, 0.2) is 10.8 Å². The number of carbonyl (C=O) groups is 2. The number of H-pyrrole nitrogens is 1. The van der Waals surface area contributed by atoms with Gasteiger partial charge in [-0.15, -0.1) is 0 Å². The van der Waals surface area contributed by atoms with Crippen molar-refractivity contribution < 1.29 is 18.7 Å². The van der Waals surface area contributed by atoms with Crippen LogP contribution in [-0.2, 0) is 9.53 Å². The highest BCUT2D eigenvalue weighted by Gasteiger charge is 2.14. The van der Waals surface area contributed by atoms with E-state index in [2.05, 4.69) is 20.4 Å². The largest absolute Gasteiger partial charge is 0.462 e. The number of aromatic nitrogens is 4. The number of anilines is 1. The van der Waals surface area contributed by atoms with Crippen LogP contribution in [0.4, 0.5) is 10.1 Å². The van der Waals surface area contributed by atoms with Crippen molar-refractivity contribution in [2.75, 3.05) is 17.7 Å². The minimum atomic E-state index is -0.508. The number of benzene rings is 2. The molecule has 0 spiro atoms. The molecule has 2 heterocycles. The van der Waals surface area contributed by atoms with Gasteiger partial charge in [-0.25, -0.2) is 19.0 Å². The van der Waals surface area contributed by atoms with Crippen molar-refractivity contribution in [3.63, 3.8) is 0 Å². The zero-order valence-electron chi connectivity index (χ0n) is 17.4. The third-order valence-electron chi connectivity index (χ3n) is 4.53. The number of esters is 1. The highest BCUT2D eigenvalue weighted by Crippen LogP contribution is 2.24. The summed E-state index contributed by atoms with van der Waals surface area (Å²) < 4.78 is 19.3. The number of amides is 1. The number of hydrogen-bond donors (Lipinski definition) is 2. The minimum absolute atomic E-state index is 0.0151. The summed E-state index contributed by atoms with van der Waals surface area (Å²) in [6.07, 6.45) is 1.48. The van der Waals surface area contributed by atoms with Crippen LogP contribution >= 0.6 is 11.8 Å².